The predicted octanol–water partition coefficient (Wildman–Crippen LogP) is 3.23. The van der Waals surface area contributed by atoms with Gasteiger partial charge in [0.15, 0.2) is 0 Å². The van der Waals surface area contributed by atoms with Gasteiger partial charge in [0, 0.05) is 24.7 Å². The first-order chi connectivity index (χ1) is 11.6. The van der Waals surface area contributed by atoms with Crippen LogP contribution in [0.1, 0.15) is 62.4 Å². The quantitative estimate of drug-likeness (QED) is 0.880. The molecule has 1 aromatic rings. The zero-order chi connectivity index (χ0) is 18.8. The minimum atomic E-state index is -0.269. The molecule has 0 saturated carbocycles. The molecule has 0 aliphatic carbocycles. The first-order valence-electron chi connectivity index (χ1n) is 9.02. The lowest BCUT2D eigenvalue weighted by Gasteiger charge is -2.36. The van der Waals surface area contributed by atoms with Crippen molar-refractivity contribution in [3.8, 4) is 0 Å². The molecule has 0 unspecified atom stereocenters. The molecule has 2 heterocycles. The number of nitrogens with zero attached hydrogens (tertiary/aromatic N) is 1. The molecule has 6 nitrogen and oxygen atoms in total. The highest BCUT2D eigenvalue weighted by Gasteiger charge is 2.30. The average Bonchev–Trinajstić information content (AvgIpc) is 2.83. The third-order valence-corrected chi connectivity index (χ3v) is 4.57. The Morgan fingerprint density at radius 1 is 1.32 bits per heavy atom. The molecule has 0 aromatic carbocycles. The fraction of sp³-hybridized carbons (Fsp3) is 0.684. The van der Waals surface area contributed by atoms with Gasteiger partial charge in [-0.25, -0.2) is 4.79 Å². The van der Waals surface area contributed by atoms with Gasteiger partial charge in [0.2, 0.25) is 0 Å². The highest BCUT2D eigenvalue weighted by Crippen LogP contribution is 2.23. The van der Waals surface area contributed by atoms with Crippen molar-refractivity contribution in [2.45, 2.75) is 66.0 Å². The van der Waals surface area contributed by atoms with Gasteiger partial charge in [-0.3, -0.25) is 4.79 Å². The maximum Gasteiger partial charge on any atom is 0.315 e. The summed E-state index contributed by atoms with van der Waals surface area (Å²) < 4.78 is 5.49. The second kappa shape index (κ2) is 7.50. The Hall–Kier alpha value is -1.98. The molecule has 1 aliphatic heterocycles. The van der Waals surface area contributed by atoms with Crippen LogP contribution in [0.5, 0.6) is 0 Å². The zero-order valence-electron chi connectivity index (χ0n) is 16.2. The van der Waals surface area contributed by atoms with Crippen LogP contribution in [0.3, 0.4) is 0 Å². The van der Waals surface area contributed by atoms with Crippen LogP contribution < -0.4 is 10.6 Å². The number of carbonyl (C=O) groups excluding carboxylic acids is 2. The summed E-state index contributed by atoms with van der Waals surface area (Å²) in [5.74, 6) is 1.69. The van der Waals surface area contributed by atoms with Crippen molar-refractivity contribution in [1.82, 2.24) is 15.5 Å². The Balaban J connectivity index is 1.97. The number of hydrogen-bond donors (Lipinski definition) is 2. The molecular formula is C19H31N3O3. The summed E-state index contributed by atoms with van der Waals surface area (Å²) in [6.07, 6.45) is 1.95. The zero-order valence-corrected chi connectivity index (χ0v) is 16.2. The van der Waals surface area contributed by atoms with Crippen molar-refractivity contribution in [3.63, 3.8) is 0 Å². The molecule has 3 amide bonds. The van der Waals surface area contributed by atoms with E-state index in [1.54, 1.807) is 6.07 Å². The number of nitrogens with one attached hydrogen (secondary N) is 2. The Bertz CT molecular complexity index is 630. The molecule has 25 heavy (non-hydrogen) atoms. The van der Waals surface area contributed by atoms with Gasteiger partial charge >= 0.3 is 6.03 Å². The van der Waals surface area contributed by atoms with Crippen LogP contribution >= 0.6 is 0 Å². The number of amides is 3. The SMILES string of the molecule is Cc1cc(C(=O)N2CCC[C@@H]([C@@H](C)NC(=O)NC(C)(C)C)C2)c(C)o1. The van der Waals surface area contributed by atoms with Crippen molar-refractivity contribution >= 4 is 11.9 Å². The normalized spacial score (nSPS) is 19.4. The summed E-state index contributed by atoms with van der Waals surface area (Å²) >= 11 is 0. The number of rotatable bonds is 3. The second-order valence-electron chi connectivity index (χ2n) is 8.12. The third kappa shape index (κ3) is 5.25. The molecule has 0 bridgehead atoms. The molecule has 6 heteroatoms. The lowest BCUT2D eigenvalue weighted by molar-refractivity contribution is 0.0652. The summed E-state index contributed by atoms with van der Waals surface area (Å²) in [7, 11) is 0. The van der Waals surface area contributed by atoms with Crippen molar-refractivity contribution in [3.05, 3.63) is 23.2 Å². The number of carbonyl (C=O) groups is 2. The first kappa shape index (κ1) is 19.3. The molecule has 1 aromatic heterocycles. The average molecular weight is 349 g/mol. The molecule has 0 radical (unpaired) electrons. The van der Waals surface area contributed by atoms with Gasteiger partial charge in [-0.15, -0.1) is 0 Å². The minimum absolute atomic E-state index is 0.00475. The van der Waals surface area contributed by atoms with E-state index < -0.39 is 0 Å². The number of aryl methyl sites for hydroxylation is 2. The number of likely N-dealkylation sites (tertiary alicyclic amines) is 1. The van der Waals surface area contributed by atoms with Gasteiger partial charge in [-0.05, 0) is 66.4 Å². The van der Waals surface area contributed by atoms with E-state index >= 15 is 0 Å². The monoisotopic (exact) mass is 349 g/mol. The van der Waals surface area contributed by atoms with Gasteiger partial charge in [0.25, 0.3) is 5.91 Å². The summed E-state index contributed by atoms with van der Waals surface area (Å²) in [5.41, 5.74) is 0.374. The van der Waals surface area contributed by atoms with Gasteiger partial charge in [-0.2, -0.15) is 0 Å². The smallest absolute Gasteiger partial charge is 0.315 e. The van der Waals surface area contributed by atoms with Gasteiger partial charge in [0.1, 0.15) is 11.5 Å². The topological polar surface area (TPSA) is 74.6 Å². The molecule has 2 rings (SSSR count). The van der Waals surface area contributed by atoms with Crippen molar-refractivity contribution in [1.29, 1.82) is 0 Å². The van der Waals surface area contributed by atoms with E-state index in [9.17, 15) is 9.59 Å². The van der Waals surface area contributed by atoms with Crippen LogP contribution in [0.2, 0.25) is 0 Å². The summed E-state index contributed by atoms with van der Waals surface area (Å²) in [4.78, 5) is 26.7. The fourth-order valence-electron chi connectivity index (χ4n) is 3.32. The highest BCUT2D eigenvalue weighted by atomic mass is 16.3. The van der Waals surface area contributed by atoms with E-state index in [0.29, 0.717) is 17.9 Å². The van der Waals surface area contributed by atoms with Crippen LogP contribution in [-0.2, 0) is 0 Å². The maximum atomic E-state index is 12.8. The first-order valence-corrected chi connectivity index (χ1v) is 9.02. The van der Waals surface area contributed by atoms with Crippen LogP contribution in [0.25, 0.3) is 0 Å². The number of urea groups is 1. The molecule has 1 aliphatic rings. The van der Waals surface area contributed by atoms with Crippen LogP contribution in [0, 0.1) is 19.8 Å². The fourth-order valence-corrected chi connectivity index (χ4v) is 3.32. The highest BCUT2D eigenvalue weighted by molar-refractivity contribution is 5.95. The predicted molar refractivity (Wildman–Crippen MR) is 97.7 cm³/mol. The Morgan fingerprint density at radius 3 is 2.56 bits per heavy atom. The van der Waals surface area contributed by atoms with E-state index in [0.717, 1.165) is 25.1 Å². The molecule has 0 spiro atoms. The van der Waals surface area contributed by atoms with Crippen molar-refractivity contribution in [2.75, 3.05) is 13.1 Å². The Labute approximate surface area is 150 Å². The molecule has 140 valence electrons. The lowest BCUT2D eigenvalue weighted by Crippen LogP contribution is -2.53. The maximum absolute atomic E-state index is 12.8. The molecule has 1 saturated heterocycles. The Morgan fingerprint density at radius 2 is 2.00 bits per heavy atom. The molecule has 2 N–H and O–H groups in total. The number of piperidine rings is 1. The standard InChI is InChI=1S/C19H31N3O3/c1-12-10-16(14(3)25-12)17(23)22-9-7-8-15(11-22)13(2)20-18(24)21-19(4,5)6/h10,13,15H,7-9,11H2,1-6H3,(H2,20,21,24)/t13-,15-/m1/s1. The molecule has 2 atom stereocenters. The van der Waals surface area contributed by atoms with Crippen LogP contribution in [0.4, 0.5) is 4.79 Å². The van der Waals surface area contributed by atoms with Gasteiger partial charge < -0.3 is 20.0 Å². The summed E-state index contributed by atoms with van der Waals surface area (Å²) in [5, 5.41) is 5.93. The molecular weight excluding hydrogens is 318 g/mol. The number of furan rings is 1. The molecule has 1 fully saturated rings. The summed E-state index contributed by atoms with van der Waals surface area (Å²) in [6, 6.07) is 1.65. The number of hydrogen-bond acceptors (Lipinski definition) is 3. The van der Waals surface area contributed by atoms with Gasteiger partial charge in [-0.1, -0.05) is 0 Å². The minimum Gasteiger partial charge on any atom is -0.466 e. The van der Waals surface area contributed by atoms with Crippen molar-refractivity contribution in [2.24, 2.45) is 5.92 Å². The van der Waals surface area contributed by atoms with Crippen molar-refractivity contribution < 1.29 is 14.0 Å². The largest absolute Gasteiger partial charge is 0.466 e. The van der Waals surface area contributed by atoms with E-state index in [2.05, 4.69) is 10.6 Å². The van der Waals surface area contributed by atoms with E-state index in [1.165, 1.54) is 0 Å². The van der Waals surface area contributed by atoms with E-state index in [4.69, 9.17) is 4.42 Å². The lowest BCUT2D eigenvalue weighted by atomic mass is 9.91. The third-order valence-electron chi connectivity index (χ3n) is 4.57. The summed E-state index contributed by atoms with van der Waals surface area (Å²) in [6.45, 7) is 12.9. The van der Waals surface area contributed by atoms with E-state index in [1.807, 2.05) is 46.4 Å². The van der Waals surface area contributed by atoms with E-state index in [-0.39, 0.29) is 29.4 Å². The second-order valence-corrected chi connectivity index (χ2v) is 8.12. The van der Waals surface area contributed by atoms with Gasteiger partial charge in [0.05, 0.1) is 5.56 Å². The Kier molecular flexibility index (Phi) is 5.80. The van der Waals surface area contributed by atoms with Crippen LogP contribution in [0.15, 0.2) is 10.5 Å². The van der Waals surface area contributed by atoms with Crippen LogP contribution in [-0.4, -0.2) is 41.5 Å².